The molecule has 0 spiro atoms. The summed E-state index contributed by atoms with van der Waals surface area (Å²) in [5.74, 6) is 1.91. The number of unbranched alkanes of at least 4 members (excludes halogenated alkanes) is 1. The standard InChI is InChI=1S/C17H25N3O/c1-12(2)21-10-4-3-9-20-16-8-7-14(18)11-15(16)19-17(20)13-5-6-13/h7-8,11-13H,3-6,9-10,18H2,1-2H3. The van der Waals surface area contributed by atoms with Gasteiger partial charge in [0.15, 0.2) is 0 Å². The molecule has 0 radical (unpaired) electrons. The Morgan fingerprint density at radius 3 is 2.86 bits per heavy atom. The lowest BCUT2D eigenvalue weighted by atomic mass is 10.2. The van der Waals surface area contributed by atoms with Gasteiger partial charge < -0.3 is 15.0 Å². The number of hydrogen-bond donors (Lipinski definition) is 1. The first-order chi connectivity index (χ1) is 10.1. The van der Waals surface area contributed by atoms with E-state index < -0.39 is 0 Å². The first kappa shape index (κ1) is 14.4. The molecular formula is C17H25N3O. The molecule has 4 heteroatoms. The molecule has 0 amide bonds. The average molecular weight is 287 g/mol. The number of hydrogen-bond acceptors (Lipinski definition) is 3. The van der Waals surface area contributed by atoms with Crippen LogP contribution in [0.15, 0.2) is 18.2 Å². The number of nitrogen functional groups attached to an aromatic ring is 1. The number of aromatic nitrogens is 2. The molecule has 114 valence electrons. The van der Waals surface area contributed by atoms with Crippen LogP contribution in [0.3, 0.4) is 0 Å². The molecule has 2 N–H and O–H groups in total. The largest absolute Gasteiger partial charge is 0.399 e. The number of nitrogens with zero attached hydrogens (tertiary/aromatic N) is 2. The van der Waals surface area contributed by atoms with Crippen molar-refractivity contribution in [2.45, 2.75) is 58.1 Å². The van der Waals surface area contributed by atoms with Crippen molar-refractivity contribution in [3.63, 3.8) is 0 Å². The number of benzene rings is 1. The lowest BCUT2D eigenvalue weighted by Gasteiger charge is -2.10. The predicted octanol–water partition coefficient (Wildman–Crippen LogP) is 3.70. The minimum atomic E-state index is 0.323. The third-order valence-electron chi connectivity index (χ3n) is 3.97. The SMILES string of the molecule is CC(C)OCCCCn1c(C2CC2)nc2cc(N)ccc21. The van der Waals surface area contributed by atoms with Crippen molar-refractivity contribution in [2.75, 3.05) is 12.3 Å². The van der Waals surface area contributed by atoms with Crippen molar-refractivity contribution >= 4 is 16.7 Å². The number of ether oxygens (including phenoxy) is 1. The summed E-state index contributed by atoms with van der Waals surface area (Å²) in [4.78, 5) is 4.81. The van der Waals surface area contributed by atoms with E-state index in [1.807, 2.05) is 12.1 Å². The molecule has 3 rings (SSSR count). The van der Waals surface area contributed by atoms with Gasteiger partial charge in [0.25, 0.3) is 0 Å². The summed E-state index contributed by atoms with van der Waals surface area (Å²) in [5.41, 5.74) is 8.92. The van der Waals surface area contributed by atoms with Crippen molar-refractivity contribution in [1.29, 1.82) is 0 Å². The Morgan fingerprint density at radius 1 is 1.33 bits per heavy atom. The maximum atomic E-state index is 5.88. The topological polar surface area (TPSA) is 53.1 Å². The Hall–Kier alpha value is -1.55. The highest BCUT2D eigenvalue weighted by molar-refractivity contribution is 5.79. The molecule has 0 saturated heterocycles. The Balaban J connectivity index is 1.72. The monoisotopic (exact) mass is 287 g/mol. The molecule has 1 aliphatic rings. The van der Waals surface area contributed by atoms with Gasteiger partial charge >= 0.3 is 0 Å². The molecule has 1 aliphatic carbocycles. The second-order valence-electron chi connectivity index (χ2n) is 6.27. The highest BCUT2D eigenvalue weighted by Crippen LogP contribution is 2.40. The van der Waals surface area contributed by atoms with Crippen LogP contribution in [0, 0.1) is 0 Å². The normalized spacial score (nSPS) is 15.2. The van der Waals surface area contributed by atoms with E-state index >= 15 is 0 Å². The van der Waals surface area contributed by atoms with Crippen LogP contribution in [0.25, 0.3) is 11.0 Å². The summed E-state index contributed by atoms with van der Waals surface area (Å²) in [5, 5.41) is 0. The zero-order chi connectivity index (χ0) is 14.8. The van der Waals surface area contributed by atoms with E-state index in [4.69, 9.17) is 15.5 Å². The van der Waals surface area contributed by atoms with E-state index in [1.165, 1.54) is 24.2 Å². The van der Waals surface area contributed by atoms with Gasteiger partial charge in [0.1, 0.15) is 5.82 Å². The Kier molecular flexibility index (Phi) is 4.15. The van der Waals surface area contributed by atoms with E-state index in [9.17, 15) is 0 Å². The van der Waals surface area contributed by atoms with Crippen LogP contribution in [-0.2, 0) is 11.3 Å². The number of rotatable bonds is 7. The molecule has 0 aliphatic heterocycles. The van der Waals surface area contributed by atoms with Gasteiger partial charge in [-0.2, -0.15) is 0 Å². The Labute approximate surface area is 126 Å². The molecule has 0 atom stereocenters. The highest BCUT2D eigenvalue weighted by atomic mass is 16.5. The first-order valence-electron chi connectivity index (χ1n) is 8.02. The molecule has 21 heavy (non-hydrogen) atoms. The van der Waals surface area contributed by atoms with Gasteiger partial charge in [-0.05, 0) is 57.7 Å². The molecule has 1 saturated carbocycles. The Bertz CT molecular complexity index is 614. The average Bonchev–Trinajstić information content (AvgIpc) is 3.21. The summed E-state index contributed by atoms with van der Waals surface area (Å²) >= 11 is 0. The molecule has 2 aromatic rings. The quantitative estimate of drug-likeness (QED) is 0.624. The predicted molar refractivity (Wildman–Crippen MR) is 86.4 cm³/mol. The summed E-state index contributed by atoms with van der Waals surface area (Å²) in [6, 6.07) is 6.06. The molecular weight excluding hydrogens is 262 g/mol. The van der Waals surface area contributed by atoms with E-state index in [2.05, 4.69) is 24.5 Å². The van der Waals surface area contributed by atoms with Crippen LogP contribution in [0.5, 0.6) is 0 Å². The van der Waals surface area contributed by atoms with Gasteiger partial charge in [-0.15, -0.1) is 0 Å². The molecule has 1 aromatic heterocycles. The zero-order valence-electron chi connectivity index (χ0n) is 13.0. The smallest absolute Gasteiger partial charge is 0.112 e. The fourth-order valence-electron chi connectivity index (χ4n) is 2.74. The molecule has 1 heterocycles. The van der Waals surface area contributed by atoms with Crippen molar-refractivity contribution in [2.24, 2.45) is 0 Å². The van der Waals surface area contributed by atoms with Crippen LogP contribution in [0.4, 0.5) is 5.69 Å². The maximum Gasteiger partial charge on any atom is 0.112 e. The fourth-order valence-corrected chi connectivity index (χ4v) is 2.74. The lowest BCUT2D eigenvalue weighted by molar-refractivity contribution is 0.0754. The van der Waals surface area contributed by atoms with Crippen molar-refractivity contribution < 1.29 is 4.74 Å². The van der Waals surface area contributed by atoms with E-state index in [-0.39, 0.29) is 0 Å². The molecule has 1 fully saturated rings. The van der Waals surface area contributed by atoms with Gasteiger partial charge in [0.2, 0.25) is 0 Å². The minimum Gasteiger partial charge on any atom is -0.399 e. The Morgan fingerprint density at radius 2 is 2.14 bits per heavy atom. The summed E-state index contributed by atoms with van der Waals surface area (Å²) in [7, 11) is 0. The van der Waals surface area contributed by atoms with Crippen molar-refractivity contribution in [1.82, 2.24) is 9.55 Å². The minimum absolute atomic E-state index is 0.323. The third-order valence-corrected chi connectivity index (χ3v) is 3.97. The fraction of sp³-hybridized carbons (Fsp3) is 0.588. The second kappa shape index (κ2) is 6.06. The number of fused-ring (bicyclic) bond motifs is 1. The molecule has 0 unspecified atom stereocenters. The summed E-state index contributed by atoms with van der Waals surface area (Å²) < 4.78 is 8.00. The van der Waals surface area contributed by atoms with Crippen LogP contribution in [0.1, 0.15) is 51.3 Å². The van der Waals surface area contributed by atoms with Gasteiger partial charge in [-0.1, -0.05) is 0 Å². The van der Waals surface area contributed by atoms with Gasteiger partial charge in [-0.25, -0.2) is 4.98 Å². The lowest BCUT2D eigenvalue weighted by Crippen LogP contribution is -2.07. The first-order valence-corrected chi connectivity index (χ1v) is 8.02. The third kappa shape index (κ3) is 3.38. The van der Waals surface area contributed by atoms with Gasteiger partial charge in [-0.3, -0.25) is 0 Å². The maximum absolute atomic E-state index is 5.88. The van der Waals surface area contributed by atoms with Crippen LogP contribution in [0.2, 0.25) is 0 Å². The van der Waals surface area contributed by atoms with Gasteiger partial charge in [0, 0.05) is 24.8 Å². The van der Waals surface area contributed by atoms with Crippen molar-refractivity contribution in [3.8, 4) is 0 Å². The molecule has 0 bridgehead atoms. The van der Waals surface area contributed by atoms with Crippen LogP contribution < -0.4 is 5.73 Å². The number of imidazole rings is 1. The second-order valence-corrected chi connectivity index (χ2v) is 6.27. The van der Waals surface area contributed by atoms with Gasteiger partial charge in [0.05, 0.1) is 17.1 Å². The highest BCUT2D eigenvalue weighted by Gasteiger charge is 2.29. The number of nitrogens with two attached hydrogens (primary N) is 1. The number of anilines is 1. The molecule has 1 aromatic carbocycles. The van der Waals surface area contributed by atoms with E-state index in [1.54, 1.807) is 0 Å². The zero-order valence-corrected chi connectivity index (χ0v) is 13.0. The van der Waals surface area contributed by atoms with Crippen LogP contribution in [-0.4, -0.2) is 22.3 Å². The number of aryl methyl sites for hydroxylation is 1. The van der Waals surface area contributed by atoms with Crippen molar-refractivity contribution in [3.05, 3.63) is 24.0 Å². The van der Waals surface area contributed by atoms with E-state index in [0.717, 1.165) is 37.2 Å². The summed E-state index contributed by atoms with van der Waals surface area (Å²) in [6.45, 7) is 6.03. The molecule has 4 nitrogen and oxygen atoms in total. The van der Waals surface area contributed by atoms with Crippen LogP contribution >= 0.6 is 0 Å². The summed E-state index contributed by atoms with van der Waals surface area (Å²) in [6.07, 6.45) is 5.09. The van der Waals surface area contributed by atoms with E-state index in [0.29, 0.717) is 12.0 Å².